The van der Waals surface area contributed by atoms with Gasteiger partial charge in [0, 0.05) is 38.8 Å². The summed E-state index contributed by atoms with van der Waals surface area (Å²) < 4.78 is 34.8. The van der Waals surface area contributed by atoms with Crippen LogP contribution in [0.25, 0.3) is 0 Å². The molecule has 0 atom stereocenters. The van der Waals surface area contributed by atoms with Crippen LogP contribution in [0.5, 0.6) is 5.75 Å². The van der Waals surface area contributed by atoms with Crippen molar-refractivity contribution in [3.63, 3.8) is 0 Å². The molecule has 2 N–H and O–H groups in total. The molecule has 1 aromatic carbocycles. The SMILES string of the molecule is CN=C(NCCCCN1CCOCC1)NCc1ccccc1OC(F)F.I. The number of aliphatic imine (C=N–C) groups is 1. The van der Waals surface area contributed by atoms with E-state index in [-0.39, 0.29) is 29.7 Å². The largest absolute Gasteiger partial charge is 0.434 e. The Morgan fingerprint density at radius 3 is 2.67 bits per heavy atom. The number of hydrogen-bond donors (Lipinski definition) is 2. The van der Waals surface area contributed by atoms with Crippen LogP contribution in [-0.2, 0) is 11.3 Å². The third-order valence-electron chi connectivity index (χ3n) is 4.16. The fourth-order valence-corrected chi connectivity index (χ4v) is 2.75. The number of guanidine groups is 1. The Hall–Kier alpha value is -1.20. The minimum Gasteiger partial charge on any atom is -0.434 e. The summed E-state index contributed by atoms with van der Waals surface area (Å²) in [5.74, 6) is 0.819. The lowest BCUT2D eigenvalue weighted by molar-refractivity contribution is -0.0504. The van der Waals surface area contributed by atoms with Gasteiger partial charge in [0.05, 0.1) is 13.2 Å². The van der Waals surface area contributed by atoms with E-state index in [9.17, 15) is 8.78 Å². The van der Waals surface area contributed by atoms with Crippen LogP contribution in [0, 0.1) is 0 Å². The Morgan fingerprint density at radius 2 is 1.96 bits per heavy atom. The summed E-state index contributed by atoms with van der Waals surface area (Å²) in [7, 11) is 1.69. The first kappa shape index (κ1) is 23.8. The summed E-state index contributed by atoms with van der Waals surface area (Å²) in [5.41, 5.74) is 0.656. The number of unbranched alkanes of at least 4 members (excludes halogenated alkanes) is 1. The van der Waals surface area contributed by atoms with E-state index in [2.05, 4.69) is 25.3 Å². The molecule has 0 aliphatic carbocycles. The number of halogens is 3. The van der Waals surface area contributed by atoms with Crippen molar-refractivity contribution in [1.29, 1.82) is 0 Å². The van der Waals surface area contributed by atoms with E-state index in [4.69, 9.17) is 4.74 Å². The molecule has 1 aliphatic rings. The molecule has 1 fully saturated rings. The molecular weight excluding hydrogens is 469 g/mol. The van der Waals surface area contributed by atoms with Crippen LogP contribution >= 0.6 is 24.0 Å². The Balaban J connectivity index is 0.00000364. The van der Waals surface area contributed by atoms with Crippen LogP contribution in [0.15, 0.2) is 29.3 Å². The van der Waals surface area contributed by atoms with Crippen LogP contribution in [0.4, 0.5) is 8.78 Å². The van der Waals surface area contributed by atoms with Crippen molar-refractivity contribution < 1.29 is 18.3 Å². The first-order valence-electron chi connectivity index (χ1n) is 8.96. The van der Waals surface area contributed by atoms with Gasteiger partial charge in [-0.15, -0.1) is 24.0 Å². The van der Waals surface area contributed by atoms with Gasteiger partial charge >= 0.3 is 6.61 Å². The van der Waals surface area contributed by atoms with Crippen LogP contribution < -0.4 is 15.4 Å². The molecule has 2 rings (SSSR count). The van der Waals surface area contributed by atoms with Crippen molar-refractivity contribution >= 4 is 29.9 Å². The number of ether oxygens (including phenoxy) is 2. The molecule has 0 radical (unpaired) electrons. The van der Waals surface area contributed by atoms with E-state index in [1.54, 1.807) is 25.2 Å². The lowest BCUT2D eigenvalue weighted by Gasteiger charge is -2.26. The summed E-state index contributed by atoms with van der Waals surface area (Å²) in [5, 5.41) is 6.37. The Labute approximate surface area is 176 Å². The zero-order chi connectivity index (χ0) is 18.6. The van der Waals surface area contributed by atoms with Gasteiger partial charge in [-0.2, -0.15) is 8.78 Å². The van der Waals surface area contributed by atoms with E-state index in [1.807, 2.05) is 0 Å². The Kier molecular flexibility index (Phi) is 12.3. The van der Waals surface area contributed by atoms with Gasteiger partial charge < -0.3 is 20.1 Å². The van der Waals surface area contributed by atoms with E-state index >= 15 is 0 Å². The molecule has 1 aliphatic heterocycles. The molecule has 27 heavy (non-hydrogen) atoms. The van der Waals surface area contributed by atoms with E-state index in [0.29, 0.717) is 18.1 Å². The number of hydrogen-bond acceptors (Lipinski definition) is 4. The number of nitrogens with zero attached hydrogens (tertiary/aromatic N) is 2. The quantitative estimate of drug-likeness (QED) is 0.238. The minimum absolute atomic E-state index is 0. The van der Waals surface area contributed by atoms with Crippen LogP contribution in [-0.4, -0.2) is 63.9 Å². The highest BCUT2D eigenvalue weighted by Crippen LogP contribution is 2.19. The van der Waals surface area contributed by atoms with Gasteiger partial charge in [-0.3, -0.25) is 9.89 Å². The molecule has 1 saturated heterocycles. The highest BCUT2D eigenvalue weighted by atomic mass is 127. The summed E-state index contributed by atoms with van der Waals surface area (Å²) in [4.78, 5) is 6.57. The van der Waals surface area contributed by atoms with Crippen molar-refractivity contribution in [3.05, 3.63) is 29.8 Å². The van der Waals surface area contributed by atoms with Crippen LogP contribution in [0.1, 0.15) is 18.4 Å². The number of para-hydroxylation sites is 1. The molecule has 0 amide bonds. The third kappa shape index (κ3) is 9.52. The number of alkyl halides is 2. The number of morpholine rings is 1. The molecule has 1 heterocycles. The Bertz CT molecular complexity index is 558. The van der Waals surface area contributed by atoms with E-state index < -0.39 is 6.61 Å². The maximum Gasteiger partial charge on any atom is 0.387 e. The fourth-order valence-electron chi connectivity index (χ4n) is 2.75. The normalized spacial score (nSPS) is 15.3. The summed E-state index contributed by atoms with van der Waals surface area (Å²) >= 11 is 0. The summed E-state index contributed by atoms with van der Waals surface area (Å²) in [6.07, 6.45) is 2.14. The van der Waals surface area contributed by atoms with Crippen LogP contribution in [0.3, 0.4) is 0 Å². The first-order chi connectivity index (χ1) is 12.7. The predicted molar refractivity (Wildman–Crippen MR) is 113 cm³/mol. The second kappa shape index (κ2) is 13.9. The molecular formula is C18H29F2IN4O2. The van der Waals surface area contributed by atoms with E-state index in [1.165, 1.54) is 6.07 Å². The molecule has 154 valence electrons. The van der Waals surface area contributed by atoms with Crippen LogP contribution in [0.2, 0.25) is 0 Å². The molecule has 9 heteroatoms. The highest BCUT2D eigenvalue weighted by Gasteiger charge is 2.10. The zero-order valence-corrected chi connectivity index (χ0v) is 18.0. The maximum absolute atomic E-state index is 12.5. The molecule has 0 bridgehead atoms. The van der Waals surface area contributed by atoms with Gasteiger partial charge in [-0.05, 0) is 25.5 Å². The molecule has 0 saturated carbocycles. The van der Waals surface area contributed by atoms with Gasteiger partial charge in [0.1, 0.15) is 5.75 Å². The smallest absolute Gasteiger partial charge is 0.387 e. The number of rotatable bonds is 9. The van der Waals surface area contributed by atoms with Gasteiger partial charge in [0.25, 0.3) is 0 Å². The van der Waals surface area contributed by atoms with Crippen molar-refractivity contribution in [2.45, 2.75) is 26.0 Å². The monoisotopic (exact) mass is 498 g/mol. The topological polar surface area (TPSA) is 58.1 Å². The Morgan fingerprint density at radius 1 is 1.22 bits per heavy atom. The van der Waals surface area contributed by atoms with Gasteiger partial charge in [-0.25, -0.2) is 0 Å². The molecule has 1 aromatic rings. The highest BCUT2D eigenvalue weighted by molar-refractivity contribution is 14.0. The standard InChI is InChI=1S/C18H28F2N4O2.HI/c1-21-18(22-8-4-5-9-24-10-12-25-13-11-24)23-14-15-6-2-3-7-16(15)26-17(19)20;/h2-3,6-7,17H,4-5,8-14H2,1H3,(H2,21,22,23);1H. The molecule has 0 aromatic heterocycles. The average Bonchev–Trinajstić information content (AvgIpc) is 2.65. The van der Waals surface area contributed by atoms with Crippen molar-refractivity contribution in [1.82, 2.24) is 15.5 Å². The number of nitrogens with one attached hydrogen (secondary N) is 2. The average molecular weight is 498 g/mol. The second-order valence-electron chi connectivity index (χ2n) is 6.00. The fraction of sp³-hybridized carbons (Fsp3) is 0.611. The van der Waals surface area contributed by atoms with Gasteiger partial charge in [0.15, 0.2) is 5.96 Å². The van der Waals surface area contributed by atoms with Crippen molar-refractivity contribution in [2.24, 2.45) is 4.99 Å². The zero-order valence-electron chi connectivity index (χ0n) is 15.6. The lowest BCUT2D eigenvalue weighted by atomic mass is 10.2. The minimum atomic E-state index is -2.83. The number of benzene rings is 1. The van der Waals surface area contributed by atoms with Gasteiger partial charge in [0.2, 0.25) is 0 Å². The first-order valence-corrected chi connectivity index (χ1v) is 8.96. The summed E-state index contributed by atoms with van der Waals surface area (Å²) in [6.45, 7) is 3.08. The van der Waals surface area contributed by atoms with E-state index in [0.717, 1.165) is 52.2 Å². The molecule has 0 spiro atoms. The molecule has 0 unspecified atom stereocenters. The second-order valence-corrected chi connectivity index (χ2v) is 6.00. The van der Waals surface area contributed by atoms with Crippen molar-refractivity contribution in [2.75, 3.05) is 46.4 Å². The summed E-state index contributed by atoms with van der Waals surface area (Å²) in [6, 6.07) is 6.74. The van der Waals surface area contributed by atoms with Crippen molar-refractivity contribution in [3.8, 4) is 5.75 Å². The lowest BCUT2D eigenvalue weighted by Crippen LogP contribution is -2.38. The maximum atomic E-state index is 12.5. The predicted octanol–water partition coefficient (Wildman–Crippen LogP) is 2.68. The third-order valence-corrected chi connectivity index (χ3v) is 4.16. The molecule has 6 nitrogen and oxygen atoms in total. The van der Waals surface area contributed by atoms with Gasteiger partial charge in [-0.1, -0.05) is 18.2 Å².